The van der Waals surface area contributed by atoms with E-state index in [4.69, 9.17) is 10.4 Å². The first-order valence-corrected chi connectivity index (χ1v) is 6.11. The van der Waals surface area contributed by atoms with Crippen molar-refractivity contribution in [3.05, 3.63) is 29.6 Å². The van der Waals surface area contributed by atoms with Crippen LogP contribution in [0.15, 0.2) is 18.2 Å². The van der Waals surface area contributed by atoms with Crippen LogP contribution in [-0.2, 0) is 4.79 Å². The van der Waals surface area contributed by atoms with E-state index in [1.165, 1.54) is 12.1 Å². The number of nitrogens with one attached hydrogen (secondary N) is 1. The number of benzene rings is 1. The highest BCUT2D eigenvalue weighted by atomic mass is 19.1. The average Bonchev–Trinajstić information content (AvgIpc) is 2.33. The molecule has 19 heavy (non-hydrogen) atoms. The fraction of sp³-hybridized carbons (Fsp3) is 0.429. The zero-order valence-electron chi connectivity index (χ0n) is 11.0. The minimum absolute atomic E-state index is 0.0869. The molecule has 0 aliphatic rings. The summed E-state index contributed by atoms with van der Waals surface area (Å²) in [7, 11) is 0. The van der Waals surface area contributed by atoms with E-state index in [0.717, 1.165) is 0 Å². The van der Waals surface area contributed by atoms with Crippen molar-refractivity contribution in [1.82, 2.24) is 0 Å². The molecule has 0 amide bonds. The van der Waals surface area contributed by atoms with Crippen LogP contribution in [0.5, 0.6) is 0 Å². The first-order valence-electron chi connectivity index (χ1n) is 6.11. The molecule has 5 heteroatoms. The van der Waals surface area contributed by atoms with E-state index in [-0.39, 0.29) is 18.0 Å². The van der Waals surface area contributed by atoms with Crippen LogP contribution in [0.2, 0.25) is 0 Å². The first kappa shape index (κ1) is 15.0. The van der Waals surface area contributed by atoms with Crippen molar-refractivity contribution in [2.45, 2.75) is 20.3 Å². The van der Waals surface area contributed by atoms with Crippen LogP contribution in [0.3, 0.4) is 0 Å². The molecule has 0 aliphatic heterocycles. The van der Waals surface area contributed by atoms with Crippen molar-refractivity contribution in [2.24, 2.45) is 11.8 Å². The van der Waals surface area contributed by atoms with Gasteiger partial charge in [-0.05, 0) is 24.5 Å². The van der Waals surface area contributed by atoms with Crippen molar-refractivity contribution in [1.29, 1.82) is 5.26 Å². The van der Waals surface area contributed by atoms with Crippen LogP contribution in [-0.4, -0.2) is 17.6 Å². The van der Waals surface area contributed by atoms with Crippen molar-refractivity contribution < 1.29 is 14.3 Å². The van der Waals surface area contributed by atoms with Crippen LogP contribution in [0.1, 0.15) is 25.8 Å². The van der Waals surface area contributed by atoms with Crippen LogP contribution in [0.4, 0.5) is 10.1 Å². The van der Waals surface area contributed by atoms with Crippen molar-refractivity contribution >= 4 is 11.7 Å². The van der Waals surface area contributed by atoms with Crippen LogP contribution in [0.25, 0.3) is 0 Å². The number of anilines is 1. The number of aliphatic carboxylic acids is 1. The Morgan fingerprint density at radius 2 is 2.21 bits per heavy atom. The molecular weight excluding hydrogens is 247 g/mol. The highest BCUT2D eigenvalue weighted by Gasteiger charge is 2.19. The monoisotopic (exact) mass is 264 g/mol. The summed E-state index contributed by atoms with van der Waals surface area (Å²) < 4.78 is 13.4. The molecule has 0 saturated carbocycles. The predicted octanol–water partition coefficient (Wildman–Crippen LogP) is 2.86. The van der Waals surface area contributed by atoms with Crippen molar-refractivity contribution in [3.8, 4) is 6.07 Å². The number of nitriles is 1. The number of hydrogen-bond donors (Lipinski definition) is 2. The number of halogens is 1. The Morgan fingerprint density at radius 1 is 1.53 bits per heavy atom. The Balaban J connectivity index is 2.78. The van der Waals surface area contributed by atoms with Crippen molar-refractivity contribution in [2.75, 3.05) is 11.9 Å². The van der Waals surface area contributed by atoms with Crippen LogP contribution in [0, 0.1) is 29.0 Å². The van der Waals surface area contributed by atoms with E-state index >= 15 is 0 Å². The SMILES string of the molecule is CC(C)CC(CNc1cccc(F)c1C#N)C(=O)O. The van der Waals surface area contributed by atoms with Gasteiger partial charge in [0, 0.05) is 6.54 Å². The number of carboxylic acid groups (broad SMARTS) is 1. The molecule has 0 bridgehead atoms. The molecule has 0 aromatic heterocycles. The molecule has 0 radical (unpaired) electrons. The lowest BCUT2D eigenvalue weighted by Crippen LogP contribution is -2.24. The molecule has 2 N–H and O–H groups in total. The topological polar surface area (TPSA) is 73.1 Å². The Kier molecular flexibility index (Phi) is 5.31. The van der Waals surface area contributed by atoms with E-state index < -0.39 is 17.7 Å². The van der Waals surface area contributed by atoms with Gasteiger partial charge in [-0.25, -0.2) is 4.39 Å². The molecule has 102 valence electrons. The molecule has 1 unspecified atom stereocenters. The maximum atomic E-state index is 13.4. The standard InChI is InChI=1S/C14H17FN2O2/c1-9(2)6-10(14(18)19)8-17-13-5-3-4-12(15)11(13)7-16/h3-5,9-10,17H,6,8H2,1-2H3,(H,18,19). The zero-order chi connectivity index (χ0) is 14.4. The van der Waals surface area contributed by atoms with Crippen LogP contribution < -0.4 is 5.32 Å². The second-order valence-electron chi connectivity index (χ2n) is 4.82. The number of hydrogen-bond acceptors (Lipinski definition) is 3. The molecule has 0 saturated heterocycles. The molecule has 1 aromatic rings. The Labute approximate surface area is 111 Å². The number of nitrogens with zero attached hydrogens (tertiary/aromatic N) is 1. The highest BCUT2D eigenvalue weighted by molar-refractivity contribution is 5.71. The van der Waals surface area contributed by atoms with E-state index in [1.807, 2.05) is 13.8 Å². The predicted molar refractivity (Wildman–Crippen MR) is 70.2 cm³/mol. The van der Waals surface area contributed by atoms with Gasteiger partial charge in [-0.1, -0.05) is 19.9 Å². The molecule has 0 spiro atoms. The summed E-state index contributed by atoms with van der Waals surface area (Å²) >= 11 is 0. The highest BCUT2D eigenvalue weighted by Crippen LogP contribution is 2.19. The van der Waals surface area contributed by atoms with E-state index in [1.54, 1.807) is 12.1 Å². The second-order valence-corrected chi connectivity index (χ2v) is 4.82. The largest absolute Gasteiger partial charge is 0.481 e. The molecule has 0 fully saturated rings. The lowest BCUT2D eigenvalue weighted by Gasteiger charge is -2.16. The Morgan fingerprint density at radius 3 is 2.74 bits per heavy atom. The maximum Gasteiger partial charge on any atom is 0.308 e. The summed E-state index contributed by atoms with van der Waals surface area (Å²) in [6.07, 6.45) is 0.527. The van der Waals surface area contributed by atoms with Crippen molar-refractivity contribution in [3.63, 3.8) is 0 Å². The van der Waals surface area contributed by atoms with Gasteiger partial charge >= 0.3 is 5.97 Å². The van der Waals surface area contributed by atoms with E-state index in [0.29, 0.717) is 12.1 Å². The summed E-state index contributed by atoms with van der Waals surface area (Å²) in [6, 6.07) is 6.02. The summed E-state index contributed by atoms with van der Waals surface area (Å²) in [5, 5.41) is 20.8. The van der Waals surface area contributed by atoms with Crippen LogP contribution >= 0.6 is 0 Å². The number of carbonyl (C=O) groups is 1. The van der Waals surface area contributed by atoms with Gasteiger partial charge in [0.1, 0.15) is 17.4 Å². The lowest BCUT2D eigenvalue weighted by atomic mass is 9.97. The number of rotatable bonds is 6. The lowest BCUT2D eigenvalue weighted by molar-refractivity contribution is -0.141. The number of carboxylic acids is 1. The third-order valence-corrected chi connectivity index (χ3v) is 2.77. The van der Waals surface area contributed by atoms with Gasteiger partial charge in [-0.15, -0.1) is 0 Å². The minimum atomic E-state index is -0.892. The van der Waals surface area contributed by atoms with Gasteiger partial charge in [-0.3, -0.25) is 4.79 Å². The van der Waals surface area contributed by atoms with E-state index in [9.17, 15) is 9.18 Å². The van der Waals surface area contributed by atoms with Gasteiger partial charge in [0.25, 0.3) is 0 Å². The third-order valence-electron chi connectivity index (χ3n) is 2.77. The van der Waals surface area contributed by atoms with E-state index in [2.05, 4.69) is 5.32 Å². The maximum absolute atomic E-state index is 13.4. The Hall–Kier alpha value is -2.09. The quantitative estimate of drug-likeness (QED) is 0.828. The Bertz CT molecular complexity index is 495. The van der Waals surface area contributed by atoms with Gasteiger partial charge in [0.2, 0.25) is 0 Å². The summed E-state index contributed by atoms with van der Waals surface area (Å²) in [6.45, 7) is 4.06. The summed E-state index contributed by atoms with van der Waals surface area (Å²) in [5.41, 5.74) is 0.244. The van der Waals surface area contributed by atoms with Gasteiger partial charge in [-0.2, -0.15) is 5.26 Å². The molecule has 1 atom stereocenters. The molecule has 0 aliphatic carbocycles. The molecule has 1 rings (SSSR count). The molecule has 4 nitrogen and oxygen atoms in total. The fourth-order valence-corrected chi connectivity index (χ4v) is 1.86. The molecular formula is C14H17FN2O2. The normalized spacial score (nSPS) is 11.9. The first-order chi connectivity index (χ1) is 8.95. The fourth-order valence-electron chi connectivity index (χ4n) is 1.86. The average molecular weight is 264 g/mol. The summed E-state index contributed by atoms with van der Waals surface area (Å²) in [4.78, 5) is 11.1. The molecule has 0 heterocycles. The van der Waals surface area contributed by atoms with Gasteiger partial charge in [0.15, 0.2) is 0 Å². The third kappa shape index (κ3) is 4.25. The van der Waals surface area contributed by atoms with Gasteiger partial charge < -0.3 is 10.4 Å². The summed E-state index contributed by atoms with van der Waals surface area (Å²) in [5.74, 6) is -1.81. The second kappa shape index (κ2) is 6.74. The minimum Gasteiger partial charge on any atom is -0.481 e. The zero-order valence-corrected chi connectivity index (χ0v) is 11.0. The molecule has 1 aromatic carbocycles. The smallest absolute Gasteiger partial charge is 0.308 e. The van der Waals surface area contributed by atoms with Gasteiger partial charge in [0.05, 0.1) is 11.6 Å².